The van der Waals surface area contributed by atoms with Crippen LogP contribution in [0.3, 0.4) is 0 Å². The summed E-state index contributed by atoms with van der Waals surface area (Å²) in [6, 6.07) is 9.54. The first-order valence-corrected chi connectivity index (χ1v) is 7.06. The van der Waals surface area contributed by atoms with Crippen LogP contribution in [0.25, 0.3) is 0 Å². The molecule has 0 amide bonds. The van der Waals surface area contributed by atoms with E-state index in [2.05, 4.69) is 31.0 Å². The van der Waals surface area contributed by atoms with Crippen molar-refractivity contribution in [3.63, 3.8) is 0 Å². The minimum atomic E-state index is -0.147. The van der Waals surface area contributed by atoms with Crippen molar-refractivity contribution < 1.29 is 4.39 Å². The SMILES string of the molecule is Cc1cc(CN=CN)c(C)c(Cc2cccc(F)c2C)c1. The van der Waals surface area contributed by atoms with E-state index >= 15 is 0 Å². The van der Waals surface area contributed by atoms with Gasteiger partial charge in [-0.1, -0.05) is 29.8 Å². The van der Waals surface area contributed by atoms with Crippen LogP contribution in [0.15, 0.2) is 35.3 Å². The van der Waals surface area contributed by atoms with E-state index in [4.69, 9.17) is 5.73 Å². The van der Waals surface area contributed by atoms with Crippen LogP contribution < -0.4 is 5.73 Å². The molecular weight excluding hydrogens is 263 g/mol. The van der Waals surface area contributed by atoms with Crippen LogP contribution in [0.5, 0.6) is 0 Å². The quantitative estimate of drug-likeness (QED) is 0.672. The van der Waals surface area contributed by atoms with Crippen LogP contribution in [0.4, 0.5) is 4.39 Å². The number of halogens is 1. The summed E-state index contributed by atoms with van der Waals surface area (Å²) < 4.78 is 13.7. The van der Waals surface area contributed by atoms with E-state index in [0.29, 0.717) is 6.54 Å². The zero-order chi connectivity index (χ0) is 15.4. The maximum absolute atomic E-state index is 13.7. The van der Waals surface area contributed by atoms with Gasteiger partial charge in [0.15, 0.2) is 0 Å². The van der Waals surface area contributed by atoms with E-state index in [1.165, 1.54) is 34.7 Å². The van der Waals surface area contributed by atoms with Crippen molar-refractivity contribution in [1.29, 1.82) is 0 Å². The molecule has 0 aromatic heterocycles. The van der Waals surface area contributed by atoms with Crippen molar-refractivity contribution >= 4 is 6.34 Å². The highest BCUT2D eigenvalue weighted by atomic mass is 19.1. The molecule has 21 heavy (non-hydrogen) atoms. The lowest BCUT2D eigenvalue weighted by atomic mass is 9.93. The standard InChI is InChI=1S/C18H21FN2/c1-12-7-16(13(2)17(8-12)10-21-11-20)9-15-5-4-6-18(19)14(15)3/h4-8,11H,9-10H2,1-3H3,(H2,20,21). The topological polar surface area (TPSA) is 38.4 Å². The third-order valence-corrected chi connectivity index (χ3v) is 3.89. The minimum absolute atomic E-state index is 0.147. The highest BCUT2D eigenvalue weighted by Gasteiger charge is 2.09. The summed E-state index contributed by atoms with van der Waals surface area (Å²) in [5.74, 6) is -0.147. The van der Waals surface area contributed by atoms with Crippen LogP contribution in [0.1, 0.15) is 33.4 Å². The predicted molar refractivity (Wildman–Crippen MR) is 86.2 cm³/mol. The van der Waals surface area contributed by atoms with E-state index in [-0.39, 0.29) is 5.82 Å². The Labute approximate surface area is 125 Å². The number of nitrogens with zero attached hydrogens (tertiary/aromatic N) is 1. The van der Waals surface area contributed by atoms with Gasteiger partial charge in [0.25, 0.3) is 0 Å². The third kappa shape index (κ3) is 3.48. The smallest absolute Gasteiger partial charge is 0.126 e. The Morgan fingerprint density at radius 1 is 1.05 bits per heavy atom. The van der Waals surface area contributed by atoms with Crippen molar-refractivity contribution in [2.24, 2.45) is 10.7 Å². The first-order chi connectivity index (χ1) is 10.0. The van der Waals surface area contributed by atoms with Crippen LogP contribution >= 0.6 is 0 Å². The third-order valence-electron chi connectivity index (χ3n) is 3.89. The molecule has 2 aromatic carbocycles. The van der Waals surface area contributed by atoms with Gasteiger partial charge in [-0.2, -0.15) is 0 Å². The fourth-order valence-corrected chi connectivity index (χ4v) is 2.56. The number of nitrogens with two attached hydrogens (primary N) is 1. The molecule has 3 heteroatoms. The molecule has 0 aliphatic rings. The zero-order valence-electron chi connectivity index (χ0n) is 12.8. The number of aliphatic imine (C=N–C) groups is 1. The molecule has 2 rings (SSSR count). The molecule has 0 saturated carbocycles. The highest BCUT2D eigenvalue weighted by Crippen LogP contribution is 2.23. The van der Waals surface area contributed by atoms with Gasteiger partial charge >= 0.3 is 0 Å². The molecule has 0 bridgehead atoms. The molecule has 0 radical (unpaired) electrons. The second-order valence-electron chi connectivity index (χ2n) is 5.40. The fraction of sp³-hybridized carbons (Fsp3) is 0.278. The maximum atomic E-state index is 13.7. The van der Waals surface area contributed by atoms with Crippen molar-refractivity contribution in [3.05, 3.63) is 69.5 Å². The molecule has 0 aliphatic heterocycles. The number of aryl methyl sites for hydroxylation is 1. The van der Waals surface area contributed by atoms with E-state index in [1.54, 1.807) is 6.07 Å². The van der Waals surface area contributed by atoms with Gasteiger partial charge in [-0.3, -0.25) is 4.99 Å². The Hall–Kier alpha value is -2.16. The fourth-order valence-electron chi connectivity index (χ4n) is 2.56. The Morgan fingerprint density at radius 2 is 1.76 bits per heavy atom. The lowest BCUT2D eigenvalue weighted by Crippen LogP contribution is -2.01. The second kappa shape index (κ2) is 6.53. The van der Waals surface area contributed by atoms with Crippen molar-refractivity contribution in [3.8, 4) is 0 Å². The van der Waals surface area contributed by atoms with Crippen molar-refractivity contribution in [2.45, 2.75) is 33.7 Å². The summed E-state index contributed by atoms with van der Waals surface area (Å²) in [5.41, 5.74) is 11.8. The molecule has 0 spiro atoms. The summed E-state index contributed by atoms with van der Waals surface area (Å²) >= 11 is 0. The summed E-state index contributed by atoms with van der Waals surface area (Å²) in [6.07, 6.45) is 2.06. The molecule has 0 atom stereocenters. The lowest BCUT2D eigenvalue weighted by molar-refractivity contribution is 0.616. The number of benzene rings is 2. The van der Waals surface area contributed by atoms with Crippen LogP contribution in [0.2, 0.25) is 0 Å². The van der Waals surface area contributed by atoms with Gasteiger partial charge in [0.2, 0.25) is 0 Å². The van der Waals surface area contributed by atoms with Gasteiger partial charge in [0.05, 0.1) is 12.9 Å². The maximum Gasteiger partial charge on any atom is 0.126 e. The van der Waals surface area contributed by atoms with Crippen molar-refractivity contribution in [2.75, 3.05) is 0 Å². The van der Waals surface area contributed by atoms with E-state index in [1.807, 2.05) is 13.0 Å². The van der Waals surface area contributed by atoms with Crippen molar-refractivity contribution in [1.82, 2.24) is 0 Å². The number of hydrogen-bond acceptors (Lipinski definition) is 1. The number of rotatable bonds is 4. The average Bonchev–Trinajstić information content (AvgIpc) is 2.45. The molecule has 0 aliphatic carbocycles. The first kappa shape index (κ1) is 15.2. The summed E-state index contributed by atoms with van der Waals surface area (Å²) in [7, 11) is 0. The molecule has 2 nitrogen and oxygen atoms in total. The molecule has 0 fully saturated rings. The van der Waals surface area contributed by atoms with E-state index < -0.39 is 0 Å². The van der Waals surface area contributed by atoms with Crippen LogP contribution in [-0.2, 0) is 13.0 Å². The normalized spacial score (nSPS) is 11.2. The molecule has 0 saturated heterocycles. The monoisotopic (exact) mass is 284 g/mol. The first-order valence-electron chi connectivity index (χ1n) is 7.06. The van der Waals surface area contributed by atoms with Gasteiger partial charge in [-0.25, -0.2) is 4.39 Å². The number of hydrogen-bond donors (Lipinski definition) is 1. The average molecular weight is 284 g/mol. The molecule has 0 heterocycles. The Balaban J connectivity index is 2.40. The van der Waals surface area contributed by atoms with Gasteiger partial charge in [-0.15, -0.1) is 0 Å². The Kier molecular flexibility index (Phi) is 4.73. The predicted octanol–water partition coefficient (Wildman–Crippen LogP) is 3.83. The van der Waals surface area contributed by atoms with Gasteiger partial charge in [0.1, 0.15) is 5.82 Å². The van der Waals surface area contributed by atoms with Gasteiger partial charge in [-0.05, 0) is 61.1 Å². The zero-order valence-corrected chi connectivity index (χ0v) is 12.8. The molecule has 2 aromatic rings. The largest absolute Gasteiger partial charge is 0.390 e. The Bertz CT molecular complexity index is 675. The second-order valence-corrected chi connectivity index (χ2v) is 5.40. The van der Waals surface area contributed by atoms with E-state index in [0.717, 1.165) is 17.5 Å². The summed E-state index contributed by atoms with van der Waals surface area (Å²) in [6.45, 7) is 6.57. The minimum Gasteiger partial charge on any atom is -0.390 e. The van der Waals surface area contributed by atoms with Crippen LogP contribution in [-0.4, -0.2) is 6.34 Å². The molecule has 0 unspecified atom stereocenters. The van der Waals surface area contributed by atoms with E-state index in [9.17, 15) is 4.39 Å². The summed E-state index contributed by atoms with van der Waals surface area (Å²) in [5, 5.41) is 0. The van der Waals surface area contributed by atoms with Crippen LogP contribution in [0, 0.1) is 26.6 Å². The molecular formula is C18H21FN2. The summed E-state index contributed by atoms with van der Waals surface area (Å²) in [4.78, 5) is 4.12. The highest BCUT2D eigenvalue weighted by molar-refractivity contribution is 5.51. The Morgan fingerprint density at radius 3 is 2.48 bits per heavy atom. The molecule has 2 N–H and O–H groups in total. The molecule has 110 valence electrons. The van der Waals surface area contributed by atoms with Gasteiger partial charge < -0.3 is 5.73 Å². The van der Waals surface area contributed by atoms with Gasteiger partial charge in [0, 0.05) is 0 Å². The lowest BCUT2D eigenvalue weighted by Gasteiger charge is -2.14.